The summed E-state index contributed by atoms with van der Waals surface area (Å²) >= 11 is -0.0836. The van der Waals surface area contributed by atoms with E-state index in [1.807, 2.05) is 50.2 Å². The van der Waals surface area contributed by atoms with Crippen molar-refractivity contribution in [3.05, 3.63) is 82.4 Å². The fourth-order valence-electron chi connectivity index (χ4n) is 1.95. The van der Waals surface area contributed by atoms with Gasteiger partial charge in [0.05, 0.1) is 0 Å². The molecule has 0 atom stereocenters. The molecule has 131 valence electrons. The first-order chi connectivity index (χ1) is 12.2. The average molecular weight is 486 g/mol. The largest absolute Gasteiger partial charge is 0 e. The standard InChI is InChI=1S/C18H12N2O2Se.C2H6.Y/c21-18(19-13-20(22)15-9-5-2-6-10-15)17-12-11-16(23-17)14-7-3-1-4-8-14;1-2;/h1-9,11-12H,(H,19,21);1-2H3;/q-2;;. The number of carbonyl (C=O) groups excluding carboxylic acids is 1. The molecule has 0 bridgehead atoms. The fourth-order valence-corrected chi connectivity index (χ4v) is 3.85. The third-order valence-electron chi connectivity index (χ3n) is 3.07. The fraction of sp³-hybridized carbons (Fsp3) is 0.100. The number of nitrogens with one attached hydrogen (secondary N) is 1. The summed E-state index contributed by atoms with van der Waals surface area (Å²) in [6.45, 7) is 4.00. The number of amides is 1. The van der Waals surface area contributed by atoms with Crippen molar-refractivity contribution in [2.75, 3.05) is 0 Å². The van der Waals surface area contributed by atoms with Gasteiger partial charge < -0.3 is 0 Å². The second-order valence-corrected chi connectivity index (χ2v) is 6.91. The predicted molar refractivity (Wildman–Crippen MR) is 101 cm³/mol. The monoisotopic (exact) mass is 487 g/mol. The van der Waals surface area contributed by atoms with Crippen molar-refractivity contribution in [1.29, 1.82) is 0 Å². The predicted octanol–water partition coefficient (Wildman–Crippen LogP) is 3.71. The number of para-hydroxylation sites is 1. The van der Waals surface area contributed by atoms with E-state index in [-0.39, 0.29) is 53.1 Å². The maximum atomic E-state index is 12.1. The van der Waals surface area contributed by atoms with Crippen molar-refractivity contribution in [2.24, 2.45) is 0 Å². The van der Waals surface area contributed by atoms with Gasteiger partial charge in [0.15, 0.2) is 0 Å². The van der Waals surface area contributed by atoms with Gasteiger partial charge in [-0.3, -0.25) is 0 Å². The smallest absolute Gasteiger partial charge is 0 e. The van der Waals surface area contributed by atoms with Gasteiger partial charge in [0.1, 0.15) is 0 Å². The number of benzene rings is 2. The molecule has 4 nitrogen and oxygen atoms in total. The van der Waals surface area contributed by atoms with Crippen LogP contribution in [0.25, 0.3) is 10.0 Å². The Morgan fingerprint density at radius 3 is 2.42 bits per heavy atom. The number of rotatable bonds is 4. The molecule has 0 aliphatic rings. The van der Waals surface area contributed by atoms with E-state index < -0.39 is 0 Å². The van der Waals surface area contributed by atoms with Gasteiger partial charge in [0.2, 0.25) is 0 Å². The van der Waals surface area contributed by atoms with Crippen molar-refractivity contribution in [3.8, 4) is 10.0 Å². The number of carbonyl (C=O) groups is 1. The first-order valence-electron chi connectivity index (χ1n) is 7.89. The average Bonchev–Trinajstić information content (AvgIpc) is 3.19. The minimum atomic E-state index is -0.302. The maximum absolute atomic E-state index is 12.1. The molecule has 0 aliphatic carbocycles. The first-order valence-corrected chi connectivity index (χ1v) is 9.60. The molecule has 0 saturated heterocycles. The van der Waals surface area contributed by atoms with Crippen LogP contribution in [0, 0.1) is 11.3 Å². The topological polar surface area (TPSA) is 55.2 Å². The molecule has 0 aliphatic heterocycles. The summed E-state index contributed by atoms with van der Waals surface area (Å²) in [6, 6.07) is 23.2. The molecule has 0 saturated carbocycles. The molecule has 1 radical (unpaired) electrons. The Kier molecular flexibility index (Phi) is 10.4. The van der Waals surface area contributed by atoms with Crippen LogP contribution in [0.15, 0.2) is 66.7 Å². The van der Waals surface area contributed by atoms with E-state index in [0.717, 1.165) is 10.0 Å². The zero-order valence-electron chi connectivity index (χ0n) is 14.6. The van der Waals surface area contributed by atoms with Crippen LogP contribution >= 0.6 is 0 Å². The van der Waals surface area contributed by atoms with E-state index in [1.165, 1.54) is 0 Å². The summed E-state index contributed by atoms with van der Waals surface area (Å²) in [4.78, 5) is 12.1. The van der Waals surface area contributed by atoms with Crippen LogP contribution < -0.4 is 5.32 Å². The Labute approximate surface area is 185 Å². The Morgan fingerprint density at radius 2 is 1.77 bits per heavy atom. The number of hydrogen-bond donors (Lipinski definition) is 1. The van der Waals surface area contributed by atoms with Gasteiger partial charge in [-0.25, -0.2) is 0 Å². The number of nitrogens with zero attached hydrogens (tertiary/aromatic N) is 1. The molecule has 1 amide bonds. The summed E-state index contributed by atoms with van der Waals surface area (Å²) in [5, 5.41) is 14.2. The molecule has 2 aromatic carbocycles. The molecular weight excluding hydrogens is 468 g/mol. The Hall–Kier alpha value is -1.52. The van der Waals surface area contributed by atoms with E-state index in [2.05, 4.69) is 17.7 Å². The van der Waals surface area contributed by atoms with Crippen molar-refractivity contribution >= 4 is 32.4 Å². The van der Waals surface area contributed by atoms with E-state index in [1.54, 1.807) is 30.3 Å². The van der Waals surface area contributed by atoms with E-state index >= 15 is 0 Å². The second kappa shape index (κ2) is 12.0. The normalized spacial score (nSPS) is 10.2. The quantitative estimate of drug-likeness (QED) is 0.0894. The molecule has 0 spiro atoms. The van der Waals surface area contributed by atoms with Gasteiger partial charge in [-0.05, 0) is 0 Å². The Balaban J connectivity index is 0.00000109. The van der Waals surface area contributed by atoms with Gasteiger partial charge >= 0.3 is 140 Å². The summed E-state index contributed by atoms with van der Waals surface area (Å²) in [7, 11) is 0. The van der Waals surface area contributed by atoms with Crippen molar-refractivity contribution in [1.82, 2.24) is 5.32 Å². The molecule has 1 aromatic heterocycles. The molecule has 3 rings (SSSR count). The van der Waals surface area contributed by atoms with Crippen molar-refractivity contribution in [3.63, 3.8) is 0 Å². The van der Waals surface area contributed by atoms with Crippen LogP contribution in [-0.4, -0.2) is 31.5 Å². The number of hydrogen-bond acceptors (Lipinski definition) is 2. The van der Waals surface area contributed by atoms with Gasteiger partial charge in [0.25, 0.3) is 0 Å². The summed E-state index contributed by atoms with van der Waals surface area (Å²) in [5.41, 5.74) is 1.41. The minimum Gasteiger partial charge on any atom is 0 e. The van der Waals surface area contributed by atoms with Crippen LogP contribution in [0.4, 0.5) is 5.69 Å². The molecule has 0 fully saturated rings. The van der Waals surface area contributed by atoms with Crippen LogP contribution in [0.2, 0.25) is 0 Å². The Bertz CT molecular complexity index is 833. The molecule has 26 heavy (non-hydrogen) atoms. The minimum absolute atomic E-state index is 0. The zero-order valence-corrected chi connectivity index (χ0v) is 19.2. The van der Waals surface area contributed by atoms with E-state index in [0.29, 0.717) is 14.9 Å². The van der Waals surface area contributed by atoms with Gasteiger partial charge in [-0.2, -0.15) is 0 Å². The molecule has 1 N–H and O–H groups in total. The molecule has 0 unspecified atom stereocenters. The van der Waals surface area contributed by atoms with Gasteiger partial charge in [-0.15, -0.1) is 0 Å². The van der Waals surface area contributed by atoms with Gasteiger partial charge in [-0.1, -0.05) is 13.8 Å². The summed E-state index contributed by atoms with van der Waals surface area (Å²) in [5.74, 6) is -0.302. The Morgan fingerprint density at radius 1 is 1.08 bits per heavy atom. The van der Waals surface area contributed by atoms with Crippen molar-refractivity contribution in [2.45, 2.75) is 13.8 Å². The van der Waals surface area contributed by atoms with E-state index in [9.17, 15) is 10.0 Å². The van der Waals surface area contributed by atoms with Crippen LogP contribution in [0.5, 0.6) is 0 Å². The summed E-state index contributed by atoms with van der Waals surface area (Å²) < 4.78 is 2.26. The molecule has 6 heteroatoms. The SMILES string of the molecule is CC.O=C(N[C-]=[N+]([O-])c1[c-]cccc1)c1ccc(-c2ccccc2)[se]1.[Y]. The second-order valence-electron chi connectivity index (χ2n) is 4.64. The van der Waals surface area contributed by atoms with Gasteiger partial charge in [0, 0.05) is 32.7 Å². The van der Waals surface area contributed by atoms with Crippen molar-refractivity contribution < 1.29 is 42.2 Å². The van der Waals surface area contributed by atoms with E-state index in [4.69, 9.17) is 0 Å². The maximum Gasteiger partial charge on any atom is 0 e. The third kappa shape index (κ3) is 6.33. The third-order valence-corrected chi connectivity index (χ3v) is 5.45. The summed E-state index contributed by atoms with van der Waals surface area (Å²) in [6.07, 6.45) is 2.32. The zero-order chi connectivity index (χ0) is 18.1. The molecular formula is C20H18N2O2SeY-2. The van der Waals surface area contributed by atoms with Crippen LogP contribution in [0.3, 0.4) is 0 Å². The molecule has 1 heterocycles. The first kappa shape index (κ1) is 22.5. The molecule has 3 aromatic rings. The van der Waals surface area contributed by atoms with Crippen LogP contribution in [-0.2, 0) is 32.7 Å². The van der Waals surface area contributed by atoms with Crippen LogP contribution in [0.1, 0.15) is 23.1 Å².